The first-order chi connectivity index (χ1) is 30.8. The number of nitrogens with one attached hydrogen (secondary N) is 1. The summed E-state index contributed by atoms with van der Waals surface area (Å²) in [4.78, 5) is 13.0. The molecule has 0 radical (unpaired) electrons. The zero-order chi connectivity index (χ0) is 45.9. The van der Waals surface area contributed by atoms with Gasteiger partial charge in [-0.25, -0.2) is 0 Å². The second-order valence-corrected chi connectivity index (χ2v) is 19.0. The normalized spacial score (nSPS) is 20.3. The molecule has 63 heavy (non-hydrogen) atoms. The van der Waals surface area contributed by atoms with Gasteiger partial charge in [0.05, 0.1) is 25.4 Å². The van der Waals surface area contributed by atoms with E-state index in [-0.39, 0.29) is 12.5 Å². The van der Waals surface area contributed by atoms with E-state index in [1.807, 2.05) is 6.08 Å². The Labute approximate surface area is 388 Å². The van der Waals surface area contributed by atoms with E-state index in [2.05, 4.69) is 31.3 Å². The topological polar surface area (TPSA) is 149 Å². The van der Waals surface area contributed by atoms with Crippen LogP contribution < -0.4 is 5.32 Å². The molecule has 9 heteroatoms. The lowest BCUT2D eigenvalue weighted by atomic mass is 9.99. The smallest absolute Gasteiger partial charge is 0.220 e. The van der Waals surface area contributed by atoms with Gasteiger partial charge in [0.25, 0.3) is 0 Å². The van der Waals surface area contributed by atoms with Crippen LogP contribution in [0.15, 0.2) is 24.3 Å². The molecule has 1 amide bonds. The van der Waals surface area contributed by atoms with Gasteiger partial charge in [0.15, 0.2) is 6.29 Å². The molecule has 1 aliphatic rings. The van der Waals surface area contributed by atoms with Crippen molar-refractivity contribution in [3.8, 4) is 0 Å². The van der Waals surface area contributed by atoms with E-state index in [1.54, 1.807) is 6.08 Å². The van der Waals surface area contributed by atoms with Crippen molar-refractivity contribution < 1.29 is 39.8 Å². The number of unbranched alkanes of at least 4 members (excludes halogenated alkanes) is 34. The summed E-state index contributed by atoms with van der Waals surface area (Å²) in [6.07, 6.45) is 48.1. The van der Waals surface area contributed by atoms with E-state index in [9.17, 15) is 30.3 Å². The number of hydrogen-bond donors (Lipinski definition) is 6. The van der Waals surface area contributed by atoms with E-state index in [0.717, 1.165) is 38.5 Å². The fourth-order valence-corrected chi connectivity index (χ4v) is 8.70. The van der Waals surface area contributed by atoms with Crippen LogP contribution in [0.4, 0.5) is 0 Å². The Kier molecular flexibility index (Phi) is 42.2. The summed E-state index contributed by atoms with van der Waals surface area (Å²) < 4.78 is 11.2. The molecule has 0 aromatic heterocycles. The van der Waals surface area contributed by atoms with Gasteiger partial charge in [0.2, 0.25) is 5.91 Å². The largest absolute Gasteiger partial charge is 0.394 e. The van der Waals surface area contributed by atoms with E-state index in [1.165, 1.54) is 199 Å². The Morgan fingerprint density at radius 3 is 1.33 bits per heavy atom. The third-order valence-corrected chi connectivity index (χ3v) is 13.0. The quantitative estimate of drug-likeness (QED) is 0.0261. The number of amides is 1. The van der Waals surface area contributed by atoms with E-state index < -0.39 is 49.5 Å². The highest BCUT2D eigenvalue weighted by atomic mass is 16.7. The Morgan fingerprint density at radius 1 is 0.524 bits per heavy atom. The van der Waals surface area contributed by atoms with Gasteiger partial charge in [-0.2, -0.15) is 0 Å². The van der Waals surface area contributed by atoms with Crippen LogP contribution in [0.5, 0.6) is 0 Å². The van der Waals surface area contributed by atoms with Crippen molar-refractivity contribution in [1.82, 2.24) is 5.32 Å². The molecule has 0 saturated carbocycles. The van der Waals surface area contributed by atoms with E-state index in [0.29, 0.717) is 6.42 Å². The monoisotopic (exact) mass is 894 g/mol. The number of ether oxygens (including phenoxy) is 2. The summed E-state index contributed by atoms with van der Waals surface area (Å²) in [6.45, 7) is 3.79. The lowest BCUT2D eigenvalue weighted by Gasteiger charge is -2.40. The minimum Gasteiger partial charge on any atom is -0.394 e. The van der Waals surface area contributed by atoms with Gasteiger partial charge in [-0.1, -0.05) is 244 Å². The summed E-state index contributed by atoms with van der Waals surface area (Å²) in [7, 11) is 0. The van der Waals surface area contributed by atoms with Gasteiger partial charge < -0.3 is 40.3 Å². The van der Waals surface area contributed by atoms with Gasteiger partial charge in [-0.05, 0) is 32.1 Å². The van der Waals surface area contributed by atoms with Crippen molar-refractivity contribution in [3.63, 3.8) is 0 Å². The second-order valence-electron chi connectivity index (χ2n) is 19.0. The molecule has 0 aliphatic carbocycles. The fourth-order valence-electron chi connectivity index (χ4n) is 8.70. The van der Waals surface area contributed by atoms with E-state index in [4.69, 9.17) is 9.47 Å². The summed E-state index contributed by atoms with van der Waals surface area (Å²) in [5.41, 5.74) is 0. The Bertz CT molecular complexity index is 1040. The molecule has 1 fully saturated rings. The second kappa shape index (κ2) is 44.5. The first-order valence-corrected chi connectivity index (χ1v) is 27.1. The summed E-state index contributed by atoms with van der Waals surface area (Å²) >= 11 is 0. The maximum Gasteiger partial charge on any atom is 0.220 e. The minimum atomic E-state index is -1.57. The molecule has 372 valence electrons. The molecule has 0 bridgehead atoms. The fraction of sp³-hybridized carbons (Fsp3) is 0.907. The lowest BCUT2D eigenvalue weighted by Crippen LogP contribution is -2.60. The van der Waals surface area contributed by atoms with Crippen molar-refractivity contribution in [2.24, 2.45) is 0 Å². The lowest BCUT2D eigenvalue weighted by molar-refractivity contribution is -0.302. The predicted octanol–water partition coefficient (Wildman–Crippen LogP) is 12.6. The standard InChI is InChI=1S/C54H103NO8/c1-3-5-7-9-11-13-15-17-19-21-23-24-25-26-28-30-32-34-36-38-40-42-44-50(58)55-47(46-62-54-53(61)52(60)51(59)49(45-56)63-54)48(57)43-41-39-37-35-33-31-29-27-22-20-18-16-14-12-10-8-6-4-2/h33,35,41,43,47-49,51-54,56-57,59-61H,3-32,34,36-40,42,44-46H2,1-2H3,(H,55,58)/b35-33+,43-41+. The van der Waals surface area contributed by atoms with Crippen molar-refractivity contribution in [2.45, 2.75) is 301 Å². The first kappa shape index (κ1) is 59.7. The SMILES string of the molecule is CCCCCCCCCCCCCC/C=C/CC/C=C/C(O)C(COC1OC(CO)C(O)C(O)C1O)NC(=O)CCCCCCCCCCCCCCCCCCCCCCCC. The van der Waals surface area contributed by atoms with Gasteiger partial charge in [-0.3, -0.25) is 4.79 Å². The van der Waals surface area contributed by atoms with E-state index >= 15 is 0 Å². The third-order valence-electron chi connectivity index (χ3n) is 13.0. The molecule has 1 aliphatic heterocycles. The van der Waals surface area contributed by atoms with Crippen molar-refractivity contribution in [3.05, 3.63) is 24.3 Å². The van der Waals surface area contributed by atoms with Crippen LogP contribution in [-0.2, 0) is 14.3 Å². The highest BCUT2D eigenvalue weighted by Crippen LogP contribution is 2.23. The molecule has 9 nitrogen and oxygen atoms in total. The van der Waals surface area contributed by atoms with Crippen molar-refractivity contribution >= 4 is 5.91 Å². The molecule has 0 spiro atoms. The minimum absolute atomic E-state index is 0.182. The van der Waals surface area contributed by atoms with Crippen LogP contribution in [0.3, 0.4) is 0 Å². The molecule has 1 saturated heterocycles. The predicted molar refractivity (Wildman–Crippen MR) is 263 cm³/mol. The average molecular weight is 894 g/mol. The number of hydrogen-bond acceptors (Lipinski definition) is 8. The molecular weight excluding hydrogens is 791 g/mol. The van der Waals surface area contributed by atoms with Crippen LogP contribution in [0.1, 0.15) is 258 Å². The van der Waals surface area contributed by atoms with Gasteiger partial charge in [-0.15, -0.1) is 0 Å². The van der Waals surface area contributed by atoms with Gasteiger partial charge in [0.1, 0.15) is 24.4 Å². The number of aliphatic hydroxyl groups is 5. The average Bonchev–Trinajstić information content (AvgIpc) is 3.28. The third kappa shape index (κ3) is 34.6. The molecule has 7 atom stereocenters. The zero-order valence-corrected chi connectivity index (χ0v) is 41.1. The highest BCUT2D eigenvalue weighted by molar-refractivity contribution is 5.76. The molecular formula is C54H103NO8. The number of rotatable bonds is 46. The molecule has 6 N–H and O–H groups in total. The van der Waals surface area contributed by atoms with Gasteiger partial charge >= 0.3 is 0 Å². The van der Waals surface area contributed by atoms with Crippen LogP contribution in [0, 0.1) is 0 Å². The first-order valence-electron chi connectivity index (χ1n) is 27.1. The molecule has 1 rings (SSSR count). The Morgan fingerprint density at radius 2 is 0.905 bits per heavy atom. The maximum atomic E-state index is 13.0. The molecule has 7 unspecified atom stereocenters. The number of carbonyl (C=O) groups is 1. The highest BCUT2D eigenvalue weighted by Gasteiger charge is 2.44. The van der Waals surface area contributed by atoms with Crippen LogP contribution >= 0.6 is 0 Å². The van der Waals surface area contributed by atoms with Crippen molar-refractivity contribution in [2.75, 3.05) is 13.2 Å². The Balaban J connectivity index is 2.27. The van der Waals surface area contributed by atoms with Crippen LogP contribution in [-0.4, -0.2) is 87.5 Å². The summed E-state index contributed by atoms with van der Waals surface area (Å²) in [5, 5.41) is 54.4. The molecule has 1 heterocycles. The summed E-state index contributed by atoms with van der Waals surface area (Å²) in [5.74, 6) is -0.182. The van der Waals surface area contributed by atoms with Crippen LogP contribution in [0.25, 0.3) is 0 Å². The van der Waals surface area contributed by atoms with Crippen molar-refractivity contribution in [1.29, 1.82) is 0 Å². The molecule has 0 aromatic rings. The number of aliphatic hydroxyl groups excluding tert-OH is 5. The maximum absolute atomic E-state index is 13.0. The summed E-state index contributed by atoms with van der Waals surface area (Å²) in [6, 6.07) is -0.817. The number of carbonyl (C=O) groups excluding carboxylic acids is 1. The number of allylic oxidation sites excluding steroid dienone is 3. The zero-order valence-electron chi connectivity index (χ0n) is 41.1. The Hall–Kier alpha value is -1.33. The molecule has 0 aromatic carbocycles. The van der Waals surface area contributed by atoms with Crippen LogP contribution in [0.2, 0.25) is 0 Å². The van der Waals surface area contributed by atoms with Gasteiger partial charge in [0, 0.05) is 6.42 Å².